The first-order valence-corrected chi connectivity index (χ1v) is 17.9. The van der Waals surface area contributed by atoms with Crippen LogP contribution >= 0.6 is 0 Å². The summed E-state index contributed by atoms with van der Waals surface area (Å²) < 4.78 is 4.87. The molecule has 0 aliphatic heterocycles. The maximum Gasteiger partial charge on any atom is 0.0541 e. The maximum atomic E-state index is 2.44. The lowest BCUT2D eigenvalue weighted by molar-refractivity contribution is 1.19. The summed E-state index contributed by atoms with van der Waals surface area (Å²) in [6.45, 7) is 0. The van der Waals surface area contributed by atoms with Crippen molar-refractivity contribution in [2.75, 3.05) is 0 Å². The predicted octanol–water partition coefficient (Wildman–Crippen LogP) is 13.5. The highest BCUT2D eigenvalue weighted by Crippen LogP contribution is 2.40. The van der Waals surface area contributed by atoms with E-state index in [0.717, 1.165) is 0 Å². The topological polar surface area (TPSA) is 9.86 Å². The molecule has 52 heavy (non-hydrogen) atoms. The molecule has 242 valence electrons. The smallest absolute Gasteiger partial charge is 0.0541 e. The third kappa shape index (κ3) is 4.31. The van der Waals surface area contributed by atoms with Gasteiger partial charge in [0.15, 0.2) is 0 Å². The first-order chi connectivity index (χ1) is 25.8. The van der Waals surface area contributed by atoms with E-state index < -0.39 is 0 Å². The fourth-order valence-corrected chi connectivity index (χ4v) is 8.53. The number of para-hydroxylation sites is 2. The zero-order valence-electron chi connectivity index (χ0n) is 28.4. The minimum Gasteiger partial charge on any atom is -0.309 e. The van der Waals surface area contributed by atoms with Crippen molar-refractivity contribution in [1.82, 2.24) is 9.13 Å². The predicted molar refractivity (Wildman–Crippen MR) is 221 cm³/mol. The quantitative estimate of drug-likeness (QED) is 0.178. The maximum absolute atomic E-state index is 2.44. The number of fused-ring (bicyclic) bond motifs is 8. The molecule has 0 amide bonds. The average Bonchev–Trinajstić information content (AvgIpc) is 3.72. The second kappa shape index (κ2) is 11.3. The van der Waals surface area contributed by atoms with Gasteiger partial charge in [0.2, 0.25) is 0 Å². The number of benzene rings is 9. The molecule has 2 aromatic heterocycles. The van der Waals surface area contributed by atoms with Crippen LogP contribution < -0.4 is 0 Å². The van der Waals surface area contributed by atoms with Crippen LogP contribution in [-0.4, -0.2) is 9.13 Å². The highest BCUT2D eigenvalue weighted by Gasteiger charge is 2.18. The van der Waals surface area contributed by atoms with Crippen molar-refractivity contribution in [1.29, 1.82) is 0 Å². The molecule has 0 aliphatic rings. The zero-order valence-corrected chi connectivity index (χ0v) is 28.4. The number of rotatable bonds is 4. The minimum atomic E-state index is 1.17. The van der Waals surface area contributed by atoms with Crippen molar-refractivity contribution in [3.05, 3.63) is 194 Å². The molecule has 0 radical (unpaired) electrons. The summed E-state index contributed by atoms with van der Waals surface area (Å²) in [7, 11) is 0. The van der Waals surface area contributed by atoms with Crippen molar-refractivity contribution in [2.24, 2.45) is 0 Å². The monoisotopic (exact) mass is 660 g/mol. The molecule has 0 saturated carbocycles. The van der Waals surface area contributed by atoms with Gasteiger partial charge in [-0.15, -0.1) is 0 Å². The van der Waals surface area contributed by atoms with E-state index in [4.69, 9.17) is 0 Å². The lowest BCUT2D eigenvalue weighted by Gasteiger charge is -2.14. The fraction of sp³-hybridized carbons (Fsp3) is 0. The molecule has 0 N–H and O–H groups in total. The van der Waals surface area contributed by atoms with Gasteiger partial charge in [0.25, 0.3) is 0 Å². The van der Waals surface area contributed by atoms with Crippen LogP contribution in [0.5, 0.6) is 0 Å². The summed E-state index contributed by atoms with van der Waals surface area (Å²) in [5, 5.41) is 10.0. The Kier molecular flexibility index (Phi) is 6.28. The first kappa shape index (κ1) is 28.9. The summed E-state index contributed by atoms with van der Waals surface area (Å²) >= 11 is 0. The summed E-state index contributed by atoms with van der Waals surface area (Å²) in [4.78, 5) is 0. The molecule has 11 aromatic rings. The Bertz CT molecular complexity index is 3170. The molecule has 11 rings (SSSR count). The van der Waals surface area contributed by atoms with Crippen LogP contribution in [0.1, 0.15) is 0 Å². The van der Waals surface area contributed by atoms with E-state index in [1.807, 2.05) is 0 Å². The van der Waals surface area contributed by atoms with Crippen molar-refractivity contribution >= 4 is 65.2 Å². The molecular formula is C50H32N2. The highest BCUT2D eigenvalue weighted by atomic mass is 15.0. The largest absolute Gasteiger partial charge is 0.309 e. The summed E-state index contributed by atoms with van der Waals surface area (Å²) in [6.07, 6.45) is 0. The first-order valence-electron chi connectivity index (χ1n) is 17.9. The van der Waals surface area contributed by atoms with Crippen molar-refractivity contribution < 1.29 is 0 Å². The normalized spacial score (nSPS) is 11.8. The number of hydrogen-bond acceptors (Lipinski definition) is 0. The van der Waals surface area contributed by atoms with E-state index in [0.29, 0.717) is 0 Å². The van der Waals surface area contributed by atoms with Crippen LogP contribution in [0.15, 0.2) is 194 Å². The van der Waals surface area contributed by atoms with Gasteiger partial charge in [-0.25, -0.2) is 0 Å². The summed E-state index contributed by atoms with van der Waals surface area (Å²) in [6, 6.07) is 71.0. The molecular weight excluding hydrogens is 629 g/mol. The van der Waals surface area contributed by atoms with Crippen molar-refractivity contribution in [3.63, 3.8) is 0 Å². The molecule has 0 saturated heterocycles. The van der Waals surface area contributed by atoms with Gasteiger partial charge >= 0.3 is 0 Å². The van der Waals surface area contributed by atoms with Gasteiger partial charge in [0.05, 0.1) is 27.8 Å². The minimum absolute atomic E-state index is 1.17. The standard InChI is InChI=1S/C50H32N2/c1-2-13-34(14-3-1)43-32-38(29-37-16-5-6-18-39(37)43)51-47-22-10-8-20-41(47)44-30-35(25-27-49(44)51)36-26-28-50-45(31-36)42-21-9-11-23-48(42)52(50)46-24-12-17-33-15-4-7-19-40(33)46/h1-32H. The second-order valence-electron chi connectivity index (χ2n) is 13.7. The van der Waals surface area contributed by atoms with Crippen molar-refractivity contribution in [3.8, 4) is 33.6 Å². The van der Waals surface area contributed by atoms with Crippen LogP contribution in [0.2, 0.25) is 0 Å². The third-order valence-electron chi connectivity index (χ3n) is 10.9. The Morgan fingerprint density at radius 2 is 0.788 bits per heavy atom. The van der Waals surface area contributed by atoms with E-state index in [1.165, 1.54) is 98.8 Å². The Hall–Kier alpha value is -6.90. The van der Waals surface area contributed by atoms with Crippen LogP contribution in [0.3, 0.4) is 0 Å². The molecule has 2 heterocycles. The van der Waals surface area contributed by atoms with Gasteiger partial charge in [-0.1, -0.05) is 140 Å². The summed E-state index contributed by atoms with van der Waals surface area (Å²) in [5.41, 5.74) is 12.1. The van der Waals surface area contributed by atoms with Crippen LogP contribution in [0.4, 0.5) is 0 Å². The van der Waals surface area contributed by atoms with E-state index in [2.05, 4.69) is 203 Å². The lowest BCUT2D eigenvalue weighted by Crippen LogP contribution is -1.95. The van der Waals surface area contributed by atoms with Gasteiger partial charge in [-0.2, -0.15) is 0 Å². The van der Waals surface area contributed by atoms with E-state index in [9.17, 15) is 0 Å². The van der Waals surface area contributed by atoms with Crippen LogP contribution in [-0.2, 0) is 0 Å². The van der Waals surface area contributed by atoms with Gasteiger partial charge in [0.1, 0.15) is 0 Å². The average molecular weight is 661 g/mol. The zero-order chi connectivity index (χ0) is 34.2. The number of nitrogens with zero attached hydrogens (tertiary/aromatic N) is 2. The molecule has 0 aliphatic carbocycles. The highest BCUT2D eigenvalue weighted by molar-refractivity contribution is 6.13. The lowest BCUT2D eigenvalue weighted by atomic mass is 9.97. The summed E-state index contributed by atoms with van der Waals surface area (Å²) in [5.74, 6) is 0. The molecule has 0 spiro atoms. The van der Waals surface area contributed by atoms with E-state index >= 15 is 0 Å². The fourth-order valence-electron chi connectivity index (χ4n) is 8.53. The molecule has 0 bridgehead atoms. The number of aromatic nitrogens is 2. The Balaban J connectivity index is 1.11. The van der Waals surface area contributed by atoms with E-state index in [1.54, 1.807) is 0 Å². The third-order valence-corrected chi connectivity index (χ3v) is 10.9. The molecule has 2 nitrogen and oxygen atoms in total. The molecule has 9 aromatic carbocycles. The Labute approximate surface area is 301 Å². The molecule has 2 heteroatoms. The van der Waals surface area contributed by atoms with Crippen LogP contribution in [0, 0.1) is 0 Å². The van der Waals surface area contributed by atoms with Crippen LogP contribution in [0.25, 0.3) is 98.8 Å². The SMILES string of the molecule is c1ccc(-c2cc(-n3c4ccccc4c4cc(-c5ccc6c(c5)c5ccccc5n6-c5cccc6ccccc56)ccc43)cc3ccccc23)cc1. The molecule has 0 atom stereocenters. The van der Waals surface area contributed by atoms with Gasteiger partial charge in [-0.05, 0) is 93.0 Å². The van der Waals surface area contributed by atoms with Gasteiger partial charge < -0.3 is 9.13 Å². The molecule has 0 unspecified atom stereocenters. The Morgan fingerprint density at radius 1 is 0.269 bits per heavy atom. The second-order valence-corrected chi connectivity index (χ2v) is 13.7. The van der Waals surface area contributed by atoms with Crippen molar-refractivity contribution in [2.45, 2.75) is 0 Å². The van der Waals surface area contributed by atoms with E-state index in [-0.39, 0.29) is 0 Å². The number of hydrogen-bond donors (Lipinski definition) is 0. The van der Waals surface area contributed by atoms with Gasteiger partial charge in [0, 0.05) is 32.6 Å². The molecule has 0 fully saturated rings. The van der Waals surface area contributed by atoms with Gasteiger partial charge in [-0.3, -0.25) is 0 Å². The Morgan fingerprint density at radius 3 is 1.50 bits per heavy atom.